The third-order valence-corrected chi connectivity index (χ3v) is 11.1. The van der Waals surface area contributed by atoms with Gasteiger partial charge in [0.2, 0.25) is 0 Å². The third kappa shape index (κ3) is 8.60. The SMILES string of the molecule is CCCC1CCC(c2ccc(C(OC(c3ccc(F)cc3)c3ccc(C4CCC(CCC)CC4)cc3)c3ccc(F)cc3)cc2)CC1. The number of hydrogen-bond donors (Lipinski definition) is 0. The second-order valence-corrected chi connectivity index (χ2v) is 14.3. The van der Waals surface area contributed by atoms with Crippen LogP contribution in [-0.2, 0) is 4.74 Å². The monoisotopic (exact) mass is 634 g/mol. The number of halogens is 2. The Balaban J connectivity index is 1.27. The average molecular weight is 635 g/mol. The molecule has 0 aromatic heterocycles. The Morgan fingerprint density at radius 1 is 0.468 bits per heavy atom. The first-order chi connectivity index (χ1) is 23.0. The predicted octanol–water partition coefficient (Wildman–Crippen LogP) is 13.0. The summed E-state index contributed by atoms with van der Waals surface area (Å²) in [6.45, 7) is 4.58. The molecule has 47 heavy (non-hydrogen) atoms. The van der Waals surface area contributed by atoms with Crippen LogP contribution in [0.2, 0.25) is 0 Å². The van der Waals surface area contributed by atoms with E-state index in [1.165, 1.54) is 112 Å². The molecular formula is C44H52F2O. The summed E-state index contributed by atoms with van der Waals surface area (Å²) in [5.41, 5.74) is 6.66. The summed E-state index contributed by atoms with van der Waals surface area (Å²) >= 11 is 0. The van der Waals surface area contributed by atoms with E-state index in [4.69, 9.17) is 4.74 Å². The van der Waals surface area contributed by atoms with Crippen molar-refractivity contribution in [3.05, 3.63) is 142 Å². The molecule has 2 fully saturated rings. The maximum Gasteiger partial charge on any atom is 0.123 e. The molecule has 0 N–H and O–H groups in total. The number of benzene rings is 4. The minimum atomic E-state index is -0.423. The molecule has 0 aliphatic heterocycles. The van der Waals surface area contributed by atoms with E-state index in [2.05, 4.69) is 62.4 Å². The molecule has 2 aliphatic rings. The lowest BCUT2D eigenvalue weighted by Gasteiger charge is -2.30. The molecule has 2 aliphatic carbocycles. The molecule has 0 bridgehead atoms. The van der Waals surface area contributed by atoms with Crippen LogP contribution in [0.1, 0.15) is 148 Å². The molecule has 0 heterocycles. The minimum absolute atomic E-state index is 0.268. The van der Waals surface area contributed by atoms with Gasteiger partial charge in [-0.05, 0) is 133 Å². The molecule has 248 valence electrons. The first kappa shape index (κ1) is 33.6. The van der Waals surface area contributed by atoms with Crippen LogP contribution >= 0.6 is 0 Å². The Morgan fingerprint density at radius 2 is 0.766 bits per heavy atom. The van der Waals surface area contributed by atoms with Gasteiger partial charge in [0.25, 0.3) is 0 Å². The van der Waals surface area contributed by atoms with Gasteiger partial charge in [-0.2, -0.15) is 0 Å². The molecule has 0 spiro atoms. The van der Waals surface area contributed by atoms with Gasteiger partial charge in [-0.15, -0.1) is 0 Å². The van der Waals surface area contributed by atoms with Gasteiger partial charge in [-0.1, -0.05) is 112 Å². The van der Waals surface area contributed by atoms with Crippen LogP contribution in [0.15, 0.2) is 97.1 Å². The Kier molecular flexibility index (Phi) is 11.6. The van der Waals surface area contributed by atoms with E-state index in [1.807, 2.05) is 24.3 Å². The Bertz CT molecular complexity index is 1380. The van der Waals surface area contributed by atoms with Gasteiger partial charge in [0.15, 0.2) is 0 Å². The zero-order valence-corrected chi connectivity index (χ0v) is 28.4. The number of rotatable bonds is 12. The Hall–Kier alpha value is -3.30. The highest BCUT2D eigenvalue weighted by molar-refractivity contribution is 5.37. The fourth-order valence-electron chi connectivity index (χ4n) is 8.38. The van der Waals surface area contributed by atoms with Gasteiger partial charge in [-0.25, -0.2) is 8.78 Å². The lowest BCUT2D eigenvalue weighted by Crippen LogP contribution is -2.15. The summed E-state index contributed by atoms with van der Waals surface area (Å²) in [6, 6.07) is 31.2. The van der Waals surface area contributed by atoms with E-state index in [9.17, 15) is 8.78 Å². The van der Waals surface area contributed by atoms with Crippen molar-refractivity contribution in [2.24, 2.45) is 11.8 Å². The van der Waals surface area contributed by atoms with E-state index < -0.39 is 12.2 Å². The van der Waals surface area contributed by atoms with E-state index in [0.717, 1.165) is 34.1 Å². The lowest BCUT2D eigenvalue weighted by atomic mass is 9.77. The van der Waals surface area contributed by atoms with Crippen molar-refractivity contribution in [3.63, 3.8) is 0 Å². The molecule has 2 unspecified atom stereocenters. The second-order valence-electron chi connectivity index (χ2n) is 14.3. The highest BCUT2D eigenvalue weighted by Gasteiger charge is 2.27. The first-order valence-corrected chi connectivity index (χ1v) is 18.4. The first-order valence-electron chi connectivity index (χ1n) is 18.4. The topological polar surface area (TPSA) is 9.23 Å². The van der Waals surface area contributed by atoms with Gasteiger partial charge in [0.05, 0.1) is 0 Å². The minimum Gasteiger partial charge on any atom is -0.356 e. The smallest absolute Gasteiger partial charge is 0.123 e. The van der Waals surface area contributed by atoms with Crippen LogP contribution in [0.5, 0.6) is 0 Å². The highest BCUT2D eigenvalue weighted by atomic mass is 19.1. The van der Waals surface area contributed by atoms with Crippen LogP contribution in [0, 0.1) is 23.5 Å². The molecule has 2 atom stereocenters. The fraction of sp³-hybridized carbons (Fsp3) is 0.455. The quantitative estimate of drug-likeness (QED) is 0.151. The van der Waals surface area contributed by atoms with E-state index >= 15 is 0 Å². The Labute approximate surface area is 281 Å². The van der Waals surface area contributed by atoms with E-state index in [1.54, 1.807) is 0 Å². The summed E-state index contributed by atoms with van der Waals surface area (Å²) in [5, 5.41) is 0. The van der Waals surface area contributed by atoms with Crippen LogP contribution in [0.25, 0.3) is 0 Å². The summed E-state index contributed by atoms with van der Waals surface area (Å²) in [6.07, 6.45) is 14.7. The van der Waals surface area contributed by atoms with Gasteiger partial charge in [0.1, 0.15) is 23.8 Å². The maximum atomic E-state index is 14.1. The third-order valence-electron chi connectivity index (χ3n) is 11.1. The Morgan fingerprint density at radius 3 is 1.06 bits per heavy atom. The number of hydrogen-bond acceptors (Lipinski definition) is 1. The van der Waals surface area contributed by atoms with Crippen LogP contribution in [0.3, 0.4) is 0 Å². The molecule has 4 aromatic carbocycles. The molecule has 3 heteroatoms. The van der Waals surface area contributed by atoms with Crippen LogP contribution in [-0.4, -0.2) is 0 Å². The molecule has 0 radical (unpaired) electrons. The van der Waals surface area contributed by atoms with Crippen molar-refractivity contribution in [2.75, 3.05) is 0 Å². The van der Waals surface area contributed by atoms with E-state index in [0.29, 0.717) is 11.8 Å². The molecule has 0 saturated heterocycles. The molecule has 2 saturated carbocycles. The summed E-state index contributed by atoms with van der Waals surface area (Å²) in [5.74, 6) is 2.44. The molecule has 0 amide bonds. The van der Waals surface area contributed by atoms with Gasteiger partial charge in [-0.3, -0.25) is 0 Å². The molecule has 1 nitrogen and oxygen atoms in total. The van der Waals surface area contributed by atoms with Crippen molar-refractivity contribution in [1.29, 1.82) is 0 Å². The second kappa shape index (κ2) is 16.2. The summed E-state index contributed by atoms with van der Waals surface area (Å²) in [7, 11) is 0. The molecule has 6 rings (SSSR count). The lowest BCUT2D eigenvalue weighted by molar-refractivity contribution is 0.0307. The standard InChI is InChI=1S/C44H52F2O/c1-3-5-31-7-11-33(12-8-31)35-15-19-37(20-16-35)43(39-23-27-41(45)28-24-39)47-44(40-25-29-42(46)30-26-40)38-21-17-36(18-22-38)34-13-9-32(6-4-2)10-14-34/h15-34,43-44H,3-14H2,1-2H3. The van der Waals surface area contributed by atoms with Crippen molar-refractivity contribution >= 4 is 0 Å². The largest absolute Gasteiger partial charge is 0.356 e. The normalized spacial score (nSPS) is 22.9. The zero-order valence-electron chi connectivity index (χ0n) is 28.4. The summed E-state index contributed by atoms with van der Waals surface area (Å²) < 4.78 is 35.3. The van der Waals surface area contributed by atoms with Gasteiger partial charge < -0.3 is 4.74 Å². The fourth-order valence-corrected chi connectivity index (χ4v) is 8.38. The van der Waals surface area contributed by atoms with Gasteiger partial charge in [0, 0.05) is 0 Å². The highest BCUT2D eigenvalue weighted by Crippen LogP contribution is 2.41. The zero-order chi connectivity index (χ0) is 32.6. The van der Waals surface area contributed by atoms with E-state index in [-0.39, 0.29) is 11.6 Å². The maximum absolute atomic E-state index is 14.1. The molecular weight excluding hydrogens is 582 g/mol. The molecule has 4 aromatic rings. The van der Waals surface area contributed by atoms with Crippen molar-refractivity contribution < 1.29 is 13.5 Å². The average Bonchev–Trinajstić information content (AvgIpc) is 3.11. The van der Waals surface area contributed by atoms with Crippen LogP contribution < -0.4 is 0 Å². The number of ether oxygens (including phenoxy) is 1. The van der Waals surface area contributed by atoms with Gasteiger partial charge >= 0.3 is 0 Å². The summed E-state index contributed by atoms with van der Waals surface area (Å²) in [4.78, 5) is 0. The predicted molar refractivity (Wildman–Crippen MR) is 190 cm³/mol. The van der Waals surface area contributed by atoms with Crippen LogP contribution in [0.4, 0.5) is 8.78 Å². The van der Waals surface area contributed by atoms with Crippen molar-refractivity contribution in [1.82, 2.24) is 0 Å². The van der Waals surface area contributed by atoms with Crippen molar-refractivity contribution in [3.8, 4) is 0 Å². The van der Waals surface area contributed by atoms with Crippen molar-refractivity contribution in [2.45, 2.75) is 115 Å².